The zero-order valence-electron chi connectivity index (χ0n) is 14.2. The molecule has 1 aromatic heterocycles. The molecular weight excluding hydrogens is 314 g/mol. The van der Waals surface area contributed by atoms with Crippen molar-refractivity contribution in [3.8, 4) is 6.07 Å². The van der Waals surface area contributed by atoms with Crippen molar-refractivity contribution in [1.29, 1.82) is 5.26 Å². The number of hydrogen-bond acceptors (Lipinski definition) is 3. The molecule has 0 spiro atoms. The second kappa shape index (κ2) is 8.34. The summed E-state index contributed by atoms with van der Waals surface area (Å²) in [6.45, 7) is 1.44. The van der Waals surface area contributed by atoms with Crippen LogP contribution in [0.1, 0.15) is 43.3 Å². The van der Waals surface area contributed by atoms with Crippen molar-refractivity contribution in [2.75, 3.05) is 13.1 Å². The van der Waals surface area contributed by atoms with E-state index in [0.717, 1.165) is 31.5 Å². The normalized spacial score (nSPS) is 16.2. The highest BCUT2D eigenvalue weighted by atomic mass is 16.2. The fraction of sp³-hybridized carbons (Fsp3) is 0.421. The van der Waals surface area contributed by atoms with Gasteiger partial charge in [0.25, 0.3) is 0 Å². The predicted octanol–water partition coefficient (Wildman–Crippen LogP) is 3.27. The summed E-state index contributed by atoms with van der Waals surface area (Å²) in [6.07, 6.45) is 6.62. The van der Waals surface area contributed by atoms with Crippen molar-refractivity contribution in [2.24, 2.45) is 0 Å². The minimum absolute atomic E-state index is 0.0503. The van der Waals surface area contributed by atoms with Crippen LogP contribution in [0, 0.1) is 11.3 Å². The Balaban J connectivity index is 1.57. The molecule has 1 saturated heterocycles. The number of urea groups is 1. The molecule has 1 atom stereocenters. The number of nitrogens with one attached hydrogen (secondary N) is 1. The minimum atomic E-state index is -0.128. The average Bonchev–Trinajstić information content (AvgIpc) is 3.20. The van der Waals surface area contributed by atoms with E-state index in [1.165, 1.54) is 0 Å². The maximum atomic E-state index is 12.6. The monoisotopic (exact) mass is 337 g/mol. The maximum Gasteiger partial charge on any atom is 0.317 e. The van der Waals surface area contributed by atoms with Crippen molar-refractivity contribution < 1.29 is 4.79 Å². The number of carbonyl (C=O) groups is 1. The molecule has 6 heteroatoms. The average molecular weight is 337 g/mol. The third kappa shape index (κ3) is 4.38. The largest absolute Gasteiger partial charge is 0.331 e. The highest BCUT2D eigenvalue weighted by Gasteiger charge is 2.25. The van der Waals surface area contributed by atoms with Crippen LogP contribution in [0.2, 0.25) is 0 Å². The highest BCUT2D eigenvalue weighted by molar-refractivity contribution is 5.74. The Bertz CT molecular complexity index is 699. The predicted molar refractivity (Wildman–Crippen MR) is 94.6 cm³/mol. The first kappa shape index (κ1) is 17.0. The fourth-order valence-electron chi connectivity index (χ4n) is 3.29. The van der Waals surface area contributed by atoms with Gasteiger partial charge in [0.05, 0.1) is 18.2 Å². The van der Waals surface area contributed by atoms with Crippen LogP contribution in [0.5, 0.6) is 0 Å². The maximum absolute atomic E-state index is 12.6. The number of likely N-dealkylation sites (tertiary alicyclic amines) is 1. The molecule has 130 valence electrons. The molecule has 2 aromatic rings. The Morgan fingerprint density at radius 2 is 2.04 bits per heavy atom. The number of amides is 2. The van der Waals surface area contributed by atoms with Gasteiger partial charge < -0.3 is 10.2 Å². The third-order valence-corrected chi connectivity index (χ3v) is 4.70. The minimum Gasteiger partial charge on any atom is -0.331 e. The molecular formula is C19H23N5O. The van der Waals surface area contributed by atoms with Crippen LogP contribution in [-0.2, 0) is 0 Å². The van der Waals surface area contributed by atoms with Gasteiger partial charge in [0.1, 0.15) is 0 Å². The van der Waals surface area contributed by atoms with Crippen molar-refractivity contribution in [2.45, 2.75) is 37.8 Å². The van der Waals surface area contributed by atoms with E-state index < -0.39 is 0 Å². The Morgan fingerprint density at radius 1 is 1.28 bits per heavy atom. The molecule has 0 radical (unpaired) electrons. The van der Waals surface area contributed by atoms with Crippen LogP contribution in [0.25, 0.3) is 0 Å². The molecule has 0 saturated carbocycles. The molecule has 2 amide bonds. The molecule has 1 aromatic carbocycles. The molecule has 0 aliphatic carbocycles. The van der Waals surface area contributed by atoms with Crippen LogP contribution in [0.3, 0.4) is 0 Å². The summed E-state index contributed by atoms with van der Waals surface area (Å²) < 4.78 is 1.98. The smallest absolute Gasteiger partial charge is 0.317 e. The lowest BCUT2D eigenvalue weighted by Crippen LogP contribution is -2.45. The summed E-state index contributed by atoms with van der Waals surface area (Å²) in [5.41, 5.74) is 1.04. The lowest BCUT2D eigenvalue weighted by molar-refractivity contribution is 0.165. The number of nitrogens with zero attached hydrogens (tertiary/aromatic N) is 4. The molecule has 6 nitrogen and oxygen atoms in total. The van der Waals surface area contributed by atoms with Crippen LogP contribution in [0.15, 0.2) is 48.8 Å². The van der Waals surface area contributed by atoms with Crippen LogP contribution in [-0.4, -0.2) is 33.8 Å². The molecule has 3 rings (SSSR count). The number of nitriles is 1. The van der Waals surface area contributed by atoms with E-state index in [0.29, 0.717) is 18.9 Å². The van der Waals surface area contributed by atoms with E-state index in [4.69, 9.17) is 5.26 Å². The van der Waals surface area contributed by atoms with Crippen molar-refractivity contribution in [1.82, 2.24) is 20.0 Å². The van der Waals surface area contributed by atoms with Gasteiger partial charge in [-0.15, -0.1) is 0 Å². The quantitative estimate of drug-likeness (QED) is 0.910. The van der Waals surface area contributed by atoms with Gasteiger partial charge in [0, 0.05) is 31.9 Å². The number of aromatic nitrogens is 2. The van der Waals surface area contributed by atoms with Gasteiger partial charge in [-0.3, -0.25) is 4.68 Å². The number of piperidine rings is 1. The van der Waals surface area contributed by atoms with Crippen LogP contribution in [0.4, 0.5) is 4.79 Å². The Labute approximate surface area is 148 Å². The molecule has 0 bridgehead atoms. The van der Waals surface area contributed by atoms with Gasteiger partial charge in [-0.1, -0.05) is 30.3 Å². The Kier molecular flexibility index (Phi) is 5.68. The van der Waals surface area contributed by atoms with Gasteiger partial charge in [-0.25, -0.2) is 4.79 Å². The second-order valence-corrected chi connectivity index (χ2v) is 6.31. The first-order valence-electron chi connectivity index (χ1n) is 8.74. The molecule has 1 N–H and O–H groups in total. The van der Waals surface area contributed by atoms with Crippen molar-refractivity contribution in [3.63, 3.8) is 0 Å². The molecule has 1 fully saturated rings. The van der Waals surface area contributed by atoms with E-state index in [-0.39, 0.29) is 12.1 Å². The van der Waals surface area contributed by atoms with Gasteiger partial charge in [-0.05, 0) is 30.9 Å². The van der Waals surface area contributed by atoms with Crippen molar-refractivity contribution in [3.05, 3.63) is 54.4 Å². The Hall–Kier alpha value is -2.81. The molecule has 2 heterocycles. The second-order valence-electron chi connectivity index (χ2n) is 6.31. The summed E-state index contributed by atoms with van der Waals surface area (Å²) >= 11 is 0. The fourth-order valence-corrected chi connectivity index (χ4v) is 3.29. The van der Waals surface area contributed by atoms with Gasteiger partial charge in [0.15, 0.2) is 0 Å². The number of benzene rings is 1. The van der Waals surface area contributed by atoms with E-state index in [1.54, 1.807) is 6.20 Å². The SMILES string of the molecule is N#CCC[C@H](NC(=O)N1CCC(n2cccn2)CC1)c1ccccc1. The lowest BCUT2D eigenvalue weighted by atomic mass is 10.0. The van der Waals surface area contributed by atoms with E-state index >= 15 is 0 Å². The Morgan fingerprint density at radius 3 is 2.68 bits per heavy atom. The molecule has 1 aliphatic heterocycles. The van der Waals surface area contributed by atoms with Gasteiger partial charge >= 0.3 is 6.03 Å². The summed E-state index contributed by atoms with van der Waals surface area (Å²) in [4.78, 5) is 14.5. The first-order chi connectivity index (χ1) is 12.3. The molecule has 0 unspecified atom stereocenters. The van der Waals surface area contributed by atoms with Crippen LogP contribution >= 0.6 is 0 Å². The molecule has 25 heavy (non-hydrogen) atoms. The van der Waals surface area contributed by atoms with Gasteiger partial charge in [-0.2, -0.15) is 10.4 Å². The number of hydrogen-bond donors (Lipinski definition) is 1. The zero-order chi connectivity index (χ0) is 17.5. The van der Waals surface area contributed by atoms with Crippen molar-refractivity contribution >= 4 is 6.03 Å². The summed E-state index contributed by atoms with van der Waals surface area (Å²) in [6, 6.07) is 14.1. The number of rotatable bonds is 5. The number of carbonyl (C=O) groups excluding carboxylic acids is 1. The van der Waals surface area contributed by atoms with Crippen LogP contribution < -0.4 is 5.32 Å². The standard InChI is InChI=1S/C19H23N5O/c20-11-4-8-18(16-6-2-1-3-7-16)22-19(25)23-14-9-17(10-15-23)24-13-5-12-21-24/h1-3,5-7,12-13,17-18H,4,8-10,14-15H2,(H,22,25)/t18-/m0/s1. The first-order valence-corrected chi connectivity index (χ1v) is 8.74. The third-order valence-electron chi connectivity index (χ3n) is 4.70. The van der Waals surface area contributed by atoms with Gasteiger partial charge in [0.2, 0.25) is 0 Å². The summed E-state index contributed by atoms with van der Waals surface area (Å²) in [5, 5.41) is 16.3. The molecule has 1 aliphatic rings. The summed E-state index contributed by atoms with van der Waals surface area (Å²) in [7, 11) is 0. The topological polar surface area (TPSA) is 74.0 Å². The summed E-state index contributed by atoms with van der Waals surface area (Å²) in [5.74, 6) is 0. The van der Waals surface area contributed by atoms with E-state index in [9.17, 15) is 4.79 Å². The lowest BCUT2D eigenvalue weighted by Gasteiger charge is -2.33. The van der Waals surface area contributed by atoms with E-state index in [1.807, 2.05) is 52.2 Å². The zero-order valence-corrected chi connectivity index (χ0v) is 14.2. The van der Waals surface area contributed by atoms with E-state index in [2.05, 4.69) is 16.5 Å². The highest BCUT2D eigenvalue weighted by Crippen LogP contribution is 2.23.